The molecule has 0 unspecified atom stereocenters. The molecule has 0 fully saturated rings. The second-order valence-electron chi connectivity index (χ2n) is 3.94. The van der Waals surface area contributed by atoms with Crippen LogP contribution in [0.2, 0.25) is 0 Å². The van der Waals surface area contributed by atoms with Crippen molar-refractivity contribution in [3.05, 3.63) is 53.3 Å². The molecule has 1 heterocycles. The van der Waals surface area contributed by atoms with E-state index in [1.165, 1.54) is 0 Å². The van der Waals surface area contributed by atoms with Crippen LogP contribution >= 0.6 is 0 Å². The van der Waals surface area contributed by atoms with Crippen LogP contribution < -0.4 is 5.32 Å². The zero-order chi connectivity index (χ0) is 12.1. The molecule has 1 aromatic heterocycles. The first-order chi connectivity index (χ1) is 8.28. The van der Waals surface area contributed by atoms with E-state index in [9.17, 15) is 0 Å². The molecule has 4 nitrogen and oxygen atoms in total. The van der Waals surface area contributed by atoms with Gasteiger partial charge in [-0.1, -0.05) is 12.1 Å². The van der Waals surface area contributed by atoms with Gasteiger partial charge in [-0.2, -0.15) is 10.4 Å². The number of nitriles is 1. The number of rotatable bonds is 4. The van der Waals surface area contributed by atoms with Crippen molar-refractivity contribution in [3.8, 4) is 6.07 Å². The van der Waals surface area contributed by atoms with Crippen LogP contribution in [0.3, 0.4) is 0 Å². The quantitative estimate of drug-likeness (QED) is 0.861. The van der Waals surface area contributed by atoms with Gasteiger partial charge in [-0.25, -0.2) is 0 Å². The summed E-state index contributed by atoms with van der Waals surface area (Å²) < 4.78 is 1.79. The van der Waals surface area contributed by atoms with Crippen LogP contribution in [0.1, 0.15) is 16.7 Å². The Balaban J connectivity index is 1.88. The van der Waals surface area contributed by atoms with E-state index >= 15 is 0 Å². The van der Waals surface area contributed by atoms with Crippen molar-refractivity contribution in [1.82, 2.24) is 15.1 Å². The lowest BCUT2D eigenvalue weighted by Gasteiger charge is -2.03. The largest absolute Gasteiger partial charge is 0.309 e. The van der Waals surface area contributed by atoms with Crippen LogP contribution in [0.25, 0.3) is 0 Å². The fourth-order valence-corrected chi connectivity index (χ4v) is 1.67. The summed E-state index contributed by atoms with van der Waals surface area (Å²) in [6, 6.07) is 9.76. The molecule has 0 aliphatic heterocycles. The molecule has 17 heavy (non-hydrogen) atoms. The number of benzene rings is 1. The Hall–Kier alpha value is -2.12. The van der Waals surface area contributed by atoms with Crippen molar-refractivity contribution < 1.29 is 0 Å². The Labute approximate surface area is 100 Å². The van der Waals surface area contributed by atoms with Gasteiger partial charge in [0.1, 0.15) is 0 Å². The maximum Gasteiger partial charge on any atom is 0.0991 e. The van der Waals surface area contributed by atoms with Crippen LogP contribution in [-0.4, -0.2) is 9.78 Å². The van der Waals surface area contributed by atoms with Crippen LogP contribution in [0.5, 0.6) is 0 Å². The molecule has 0 saturated heterocycles. The van der Waals surface area contributed by atoms with Gasteiger partial charge in [-0.05, 0) is 17.7 Å². The molecule has 2 rings (SSSR count). The summed E-state index contributed by atoms with van der Waals surface area (Å²) >= 11 is 0. The normalized spacial score (nSPS) is 10.1. The molecule has 0 radical (unpaired) electrons. The van der Waals surface area contributed by atoms with Gasteiger partial charge in [0.25, 0.3) is 0 Å². The molecule has 0 aliphatic carbocycles. The van der Waals surface area contributed by atoms with Crippen molar-refractivity contribution >= 4 is 0 Å². The molecule has 1 N–H and O–H groups in total. The van der Waals surface area contributed by atoms with E-state index < -0.39 is 0 Å². The van der Waals surface area contributed by atoms with Gasteiger partial charge in [0.2, 0.25) is 0 Å². The van der Waals surface area contributed by atoms with Crippen molar-refractivity contribution in [3.63, 3.8) is 0 Å². The summed E-state index contributed by atoms with van der Waals surface area (Å²) in [5.41, 5.74) is 2.97. The molecule has 0 bridgehead atoms. The van der Waals surface area contributed by atoms with E-state index in [0.717, 1.165) is 24.2 Å². The maximum atomic E-state index is 8.79. The number of aromatic nitrogens is 2. The van der Waals surface area contributed by atoms with Gasteiger partial charge in [0.15, 0.2) is 0 Å². The van der Waals surface area contributed by atoms with Gasteiger partial charge in [0, 0.05) is 31.9 Å². The lowest BCUT2D eigenvalue weighted by molar-refractivity contribution is 0.691. The third-order valence-electron chi connectivity index (χ3n) is 2.47. The average Bonchev–Trinajstić information content (AvgIpc) is 2.75. The van der Waals surface area contributed by atoms with Crippen molar-refractivity contribution in [1.29, 1.82) is 5.26 Å². The zero-order valence-corrected chi connectivity index (χ0v) is 9.72. The highest BCUT2D eigenvalue weighted by molar-refractivity contribution is 5.32. The highest BCUT2D eigenvalue weighted by atomic mass is 15.2. The third kappa shape index (κ3) is 3.16. The number of nitrogens with one attached hydrogen (secondary N) is 1. The fraction of sp³-hybridized carbons (Fsp3) is 0.231. The molecular formula is C13H14N4. The molecule has 0 amide bonds. The first kappa shape index (κ1) is 11.4. The molecule has 1 aromatic carbocycles. The lowest BCUT2D eigenvalue weighted by Crippen LogP contribution is -2.12. The number of aryl methyl sites for hydroxylation is 1. The monoisotopic (exact) mass is 226 g/mol. The Morgan fingerprint density at radius 2 is 2.18 bits per heavy atom. The smallest absolute Gasteiger partial charge is 0.0991 e. The van der Waals surface area contributed by atoms with Crippen LogP contribution in [0.15, 0.2) is 36.7 Å². The highest BCUT2D eigenvalue weighted by Gasteiger charge is 1.97. The van der Waals surface area contributed by atoms with E-state index in [2.05, 4.69) is 16.5 Å². The zero-order valence-electron chi connectivity index (χ0n) is 9.72. The van der Waals surface area contributed by atoms with E-state index in [0.29, 0.717) is 5.56 Å². The lowest BCUT2D eigenvalue weighted by atomic mass is 10.1. The minimum absolute atomic E-state index is 0.700. The number of hydrogen-bond acceptors (Lipinski definition) is 3. The second-order valence-corrected chi connectivity index (χ2v) is 3.94. The van der Waals surface area contributed by atoms with E-state index in [4.69, 9.17) is 5.26 Å². The summed E-state index contributed by atoms with van der Waals surface area (Å²) in [4.78, 5) is 0. The van der Waals surface area contributed by atoms with Crippen LogP contribution in [0.4, 0.5) is 0 Å². The summed E-state index contributed by atoms with van der Waals surface area (Å²) in [6.45, 7) is 1.54. The third-order valence-corrected chi connectivity index (χ3v) is 2.47. The predicted octanol–water partition coefficient (Wildman–Crippen LogP) is 1.58. The predicted molar refractivity (Wildman–Crippen MR) is 64.9 cm³/mol. The minimum Gasteiger partial charge on any atom is -0.309 e. The Bertz CT molecular complexity index is 536. The van der Waals surface area contributed by atoms with Gasteiger partial charge in [-0.15, -0.1) is 0 Å². The minimum atomic E-state index is 0.700. The molecule has 0 spiro atoms. The van der Waals surface area contributed by atoms with E-state index in [1.54, 1.807) is 4.68 Å². The van der Waals surface area contributed by atoms with E-state index in [-0.39, 0.29) is 0 Å². The molecule has 0 atom stereocenters. The molecule has 2 aromatic rings. The molecule has 0 aliphatic rings. The SMILES string of the molecule is Cn1cc(CNCc2cccc(C#N)c2)cn1. The molecule has 4 heteroatoms. The van der Waals surface area contributed by atoms with Crippen molar-refractivity contribution in [2.45, 2.75) is 13.1 Å². The highest BCUT2D eigenvalue weighted by Crippen LogP contribution is 2.04. The Kier molecular flexibility index (Phi) is 3.53. The molecular weight excluding hydrogens is 212 g/mol. The van der Waals surface area contributed by atoms with E-state index in [1.807, 2.05) is 43.7 Å². The molecule has 86 valence electrons. The van der Waals surface area contributed by atoms with Crippen molar-refractivity contribution in [2.24, 2.45) is 7.05 Å². The van der Waals surface area contributed by atoms with Gasteiger partial charge in [0.05, 0.1) is 17.8 Å². The maximum absolute atomic E-state index is 8.79. The summed E-state index contributed by atoms with van der Waals surface area (Å²) in [5.74, 6) is 0. The fourth-order valence-electron chi connectivity index (χ4n) is 1.67. The first-order valence-electron chi connectivity index (χ1n) is 5.45. The van der Waals surface area contributed by atoms with Gasteiger partial charge >= 0.3 is 0 Å². The Morgan fingerprint density at radius 3 is 2.88 bits per heavy atom. The first-order valence-corrected chi connectivity index (χ1v) is 5.45. The summed E-state index contributed by atoms with van der Waals surface area (Å²) in [5, 5.41) is 16.2. The van der Waals surface area contributed by atoms with Crippen LogP contribution in [-0.2, 0) is 20.1 Å². The number of nitrogens with zero attached hydrogens (tertiary/aromatic N) is 3. The average molecular weight is 226 g/mol. The standard InChI is InChI=1S/C13H14N4/c1-17-10-13(9-16-17)8-15-7-12-4-2-3-11(5-12)6-14/h2-5,9-10,15H,7-8H2,1H3. The van der Waals surface area contributed by atoms with Crippen LogP contribution in [0, 0.1) is 11.3 Å². The van der Waals surface area contributed by atoms with Crippen molar-refractivity contribution in [2.75, 3.05) is 0 Å². The summed E-state index contributed by atoms with van der Waals surface area (Å²) in [7, 11) is 1.90. The topological polar surface area (TPSA) is 53.6 Å². The number of hydrogen-bond donors (Lipinski definition) is 1. The molecule has 0 saturated carbocycles. The summed E-state index contributed by atoms with van der Waals surface area (Å²) in [6.07, 6.45) is 3.83. The second kappa shape index (κ2) is 5.28. The Morgan fingerprint density at radius 1 is 1.35 bits per heavy atom. The van der Waals surface area contributed by atoms with Gasteiger partial charge in [-0.3, -0.25) is 4.68 Å². The van der Waals surface area contributed by atoms with Gasteiger partial charge < -0.3 is 5.32 Å².